The molecule has 0 saturated heterocycles. The summed E-state index contributed by atoms with van der Waals surface area (Å²) in [4.78, 5) is 12.7. The van der Waals surface area contributed by atoms with Crippen molar-refractivity contribution in [3.8, 4) is 16.9 Å². The van der Waals surface area contributed by atoms with Crippen molar-refractivity contribution in [2.24, 2.45) is 13.0 Å². The van der Waals surface area contributed by atoms with Crippen LogP contribution in [0.15, 0.2) is 52.3 Å². The SMILES string of the molecule is CC1CCC(Oc2ccc(S(C)(=O)=O)cc2-c2cn(C)c(=O)c3ccc(F)cc23)CC1. The summed E-state index contributed by atoms with van der Waals surface area (Å²) in [6.45, 7) is 2.23. The largest absolute Gasteiger partial charge is 0.490 e. The Morgan fingerprint density at radius 1 is 1.00 bits per heavy atom. The van der Waals surface area contributed by atoms with Crippen LogP contribution >= 0.6 is 0 Å². The standard InChI is InChI=1S/C24H26FNO4S/c1-15-4-7-17(8-5-15)30-23-11-9-18(31(3,28)29)13-21(23)22-14-26(2)24(27)19-10-6-16(25)12-20(19)22/h6,9-15,17H,4-5,7-8H2,1-3H3. The van der Waals surface area contributed by atoms with E-state index >= 15 is 0 Å². The Morgan fingerprint density at radius 3 is 2.39 bits per heavy atom. The zero-order valence-corrected chi connectivity index (χ0v) is 18.7. The number of aromatic nitrogens is 1. The Hall–Kier alpha value is -2.67. The molecular weight excluding hydrogens is 417 g/mol. The maximum absolute atomic E-state index is 14.1. The van der Waals surface area contributed by atoms with E-state index in [1.54, 1.807) is 25.4 Å². The summed E-state index contributed by atoms with van der Waals surface area (Å²) in [7, 11) is -1.85. The number of hydrogen-bond acceptors (Lipinski definition) is 4. The molecule has 0 unspecified atom stereocenters. The molecule has 7 heteroatoms. The molecule has 0 radical (unpaired) electrons. The Bertz CT molecular complexity index is 1310. The van der Waals surface area contributed by atoms with Crippen LogP contribution in [0, 0.1) is 11.7 Å². The molecule has 1 aliphatic carbocycles. The van der Waals surface area contributed by atoms with Gasteiger partial charge in [-0.05, 0) is 73.4 Å². The first-order valence-electron chi connectivity index (χ1n) is 10.4. The molecule has 1 heterocycles. The number of fused-ring (bicyclic) bond motifs is 1. The second-order valence-electron chi connectivity index (χ2n) is 8.58. The highest BCUT2D eigenvalue weighted by Gasteiger charge is 2.23. The number of hydrogen-bond donors (Lipinski definition) is 0. The zero-order chi connectivity index (χ0) is 22.3. The molecule has 2 aromatic carbocycles. The molecule has 1 fully saturated rings. The maximum Gasteiger partial charge on any atom is 0.258 e. The number of pyridine rings is 1. The summed E-state index contributed by atoms with van der Waals surface area (Å²) in [5.41, 5.74) is 0.843. The molecule has 0 atom stereocenters. The van der Waals surface area contributed by atoms with Crippen LogP contribution < -0.4 is 10.3 Å². The lowest BCUT2D eigenvalue weighted by molar-refractivity contribution is 0.136. The first kappa shape index (κ1) is 21.6. The highest BCUT2D eigenvalue weighted by molar-refractivity contribution is 7.90. The van der Waals surface area contributed by atoms with Crippen LogP contribution in [0.2, 0.25) is 0 Å². The minimum atomic E-state index is -3.47. The van der Waals surface area contributed by atoms with Crippen molar-refractivity contribution in [2.45, 2.75) is 43.6 Å². The van der Waals surface area contributed by atoms with Crippen LogP contribution in [0.4, 0.5) is 4.39 Å². The summed E-state index contributed by atoms with van der Waals surface area (Å²) >= 11 is 0. The van der Waals surface area contributed by atoms with Gasteiger partial charge in [0.1, 0.15) is 11.6 Å². The van der Waals surface area contributed by atoms with E-state index in [0.717, 1.165) is 31.9 Å². The van der Waals surface area contributed by atoms with Gasteiger partial charge in [-0.15, -0.1) is 0 Å². The Kier molecular flexibility index (Phi) is 5.64. The zero-order valence-electron chi connectivity index (χ0n) is 17.9. The summed E-state index contributed by atoms with van der Waals surface area (Å²) in [6, 6.07) is 8.77. The third kappa shape index (κ3) is 4.37. The van der Waals surface area contributed by atoms with Crippen molar-refractivity contribution in [1.82, 2.24) is 4.57 Å². The minimum Gasteiger partial charge on any atom is -0.490 e. The number of nitrogens with zero attached hydrogens (tertiary/aromatic N) is 1. The monoisotopic (exact) mass is 443 g/mol. The highest BCUT2D eigenvalue weighted by Crippen LogP contribution is 2.38. The number of sulfone groups is 1. The first-order chi connectivity index (χ1) is 14.6. The number of benzene rings is 2. The molecule has 4 rings (SSSR count). The van der Waals surface area contributed by atoms with Gasteiger partial charge < -0.3 is 9.30 Å². The molecule has 164 valence electrons. The lowest BCUT2D eigenvalue weighted by atomic mass is 9.89. The molecular formula is C24H26FNO4S. The fraction of sp³-hybridized carbons (Fsp3) is 0.375. The molecule has 5 nitrogen and oxygen atoms in total. The van der Waals surface area contributed by atoms with E-state index in [1.807, 2.05) is 0 Å². The van der Waals surface area contributed by atoms with E-state index in [4.69, 9.17) is 4.74 Å². The fourth-order valence-corrected chi connectivity index (χ4v) is 4.88. The lowest BCUT2D eigenvalue weighted by Crippen LogP contribution is -2.23. The summed E-state index contributed by atoms with van der Waals surface area (Å²) in [5, 5.41) is 0.791. The van der Waals surface area contributed by atoms with E-state index in [0.29, 0.717) is 33.6 Å². The second kappa shape index (κ2) is 8.11. The summed E-state index contributed by atoms with van der Waals surface area (Å²) in [6.07, 6.45) is 6.81. The third-order valence-electron chi connectivity index (χ3n) is 6.07. The van der Waals surface area contributed by atoms with E-state index in [2.05, 4.69) is 6.92 Å². The third-order valence-corrected chi connectivity index (χ3v) is 7.18. The predicted molar refractivity (Wildman–Crippen MR) is 120 cm³/mol. The second-order valence-corrected chi connectivity index (χ2v) is 10.6. The van der Waals surface area contributed by atoms with Gasteiger partial charge >= 0.3 is 0 Å². The van der Waals surface area contributed by atoms with Gasteiger partial charge in [0.05, 0.1) is 11.0 Å². The number of rotatable bonds is 4. The van der Waals surface area contributed by atoms with Crippen molar-refractivity contribution < 1.29 is 17.5 Å². The van der Waals surface area contributed by atoms with Gasteiger partial charge in [0.15, 0.2) is 9.84 Å². The highest BCUT2D eigenvalue weighted by atomic mass is 32.2. The Balaban J connectivity index is 1.93. The molecule has 1 aliphatic rings. The molecule has 31 heavy (non-hydrogen) atoms. The van der Waals surface area contributed by atoms with E-state index < -0.39 is 15.7 Å². The van der Waals surface area contributed by atoms with Gasteiger partial charge in [-0.1, -0.05) is 6.92 Å². The molecule has 0 bridgehead atoms. The van der Waals surface area contributed by atoms with Gasteiger partial charge in [0.25, 0.3) is 5.56 Å². The molecule has 0 N–H and O–H groups in total. The average molecular weight is 444 g/mol. The summed E-state index contributed by atoms with van der Waals surface area (Å²) < 4.78 is 46.3. The summed E-state index contributed by atoms with van der Waals surface area (Å²) in [5.74, 6) is 0.740. The first-order valence-corrected chi connectivity index (χ1v) is 12.3. The molecule has 0 amide bonds. The topological polar surface area (TPSA) is 65.4 Å². The number of ether oxygens (including phenoxy) is 1. The molecule has 1 aromatic heterocycles. The van der Waals surface area contributed by atoms with Gasteiger partial charge in [-0.25, -0.2) is 12.8 Å². The van der Waals surface area contributed by atoms with Gasteiger partial charge in [0, 0.05) is 36.0 Å². The average Bonchev–Trinajstić information content (AvgIpc) is 2.72. The Labute approximate surface area is 181 Å². The van der Waals surface area contributed by atoms with E-state index in [1.165, 1.54) is 28.8 Å². The van der Waals surface area contributed by atoms with Gasteiger partial charge in [-0.3, -0.25) is 4.79 Å². The van der Waals surface area contributed by atoms with E-state index in [-0.39, 0.29) is 16.6 Å². The lowest BCUT2D eigenvalue weighted by Gasteiger charge is -2.28. The van der Waals surface area contributed by atoms with Crippen LogP contribution in [-0.4, -0.2) is 25.3 Å². The van der Waals surface area contributed by atoms with Crippen molar-refractivity contribution in [3.63, 3.8) is 0 Å². The van der Waals surface area contributed by atoms with Crippen molar-refractivity contribution in [2.75, 3.05) is 6.26 Å². The van der Waals surface area contributed by atoms with Crippen LogP contribution in [0.25, 0.3) is 21.9 Å². The van der Waals surface area contributed by atoms with Crippen LogP contribution in [0.5, 0.6) is 5.75 Å². The van der Waals surface area contributed by atoms with Gasteiger partial charge in [-0.2, -0.15) is 0 Å². The maximum atomic E-state index is 14.1. The van der Waals surface area contributed by atoms with Crippen molar-refractivity contribution >= 4 is 20.6 Å². The normalized spacial score (nSPS) is 19.5. The quantitative estimate of drug-likeness (QED) is 0.586. The molecule has 1 saturated carbocycles. The minimum absolute atomic E-state index is 0.0366. The van der Waals surface area contributed by atoms with E-state index in [9.17, 15) is 17.6 Å². The molecule has 0 spiro atoms. The number of halogens is 1. The van der Waals surface area contributed by atoms with Crippen LogP contribution in [0.3, 0.4) is 0 Å². The fourth-order valence-electron chi connectivity index (χ4n) is 4.23. The van der Waals surface area contributed by atoms with Crippen LogP contribution in [0.1, 0.15) is 32.6 Å². The smallest absolute Gasteiger partial charge is 0.258 e. The van der Waals surface area contributed by atoms with Crippen molar-refractivity contribution in [3.05, 3.63) is 58.8 Å². The molecule has 3 aromatic rings. The van der Waals surface area contributed by atoms with Gasteiger partial charge in [0.2, 0.25) is 0 Å². The van der Waals surface area contributed by atoms with Crippen molar-refractivity contribution in [1.29, 1.82) is 0 Å². The number of aryl methyl sites for hydroxylation is 1. The van der Waals surface area contributed by atoms with Crippen LogP contribution in [-0.2, 0) is 16.9 Å². The molecule has 0 aliphatic heterocycles. The Morgan fingerprint density at radius 2 is 1.71 bits per heavy atom. The predicted octanol–water partition coefficient (Wildman–Crippen LogP) is 4.71.